The molecule has 8 nitrogen and oxygen atoms in total. The molecule has 2 aromatic carbocycles. The van der Waals surface area contributed by atoms with Crippen molar-refractivity contribution < 1.29 is 4.79 Å². The minimum absolute atomic E-state index is 0.185. The van der Waals surface area contributed by atoms with Crippen LogP contribution >= 0.6 is 0 Å². The van der Waals surface area contributed by atoms with Gasteiger partial charge in [0.2, 0.25) is 5.82 Å². The number of nitriles is 1. The first-order valence-corrected chi connectivity index (χ1v) is 8.16. The van der Waals surface area contributed by atoms with Crippen LogP contribution in [0.15, 0.2) is 48.7 Å². The smallest absolute Gasteiger partial charge is 0.255 e. The summed E-state index contributed by atoms with van der Waals surface area (Å²) in [5, 5.41) is 28.4. The molecule has 0 spiro atoms. The first-order chi connectivity index (χ1) is 13.1. The number of H-pyrrole nitrogens is 1. The minimum atomic E-state index is -0.185. The molecular formula is C19H17N7O. The molecule has 0 radical (unpaired) electrons. The molecule has 1 heterocycles. The second kappa shape index (κ2) is 7.93. The minimum Gasteiger partial charge on any atom is -0.360 e. The third-order valence-corrected chi connectivity index (χ3v) is 3.89. The van der Waals surface area contributed by atoms with E-state index < -0.39 is 0 Å². The fraction of sp³-hybridized carbons (Fsp3) is 0.105. The van der Waals surface area contributed by atoms with Crippen LogP contribution in [0.4, 0.5) is 11.4 Å². The molecule has 0 bridgehead atoms. The highest BCUT2D eigenvalue weighted by Gasteiger charge is 2.09. The van der Waals surface area contributed by atoms with Gasteiger partial charge in [-0.3, -0.25) is 4.79 Å². The number of rotatable bonds is 5. The molecule has 1 amide bonds. The summed E-state index contributed by atoms with van der Waals surface area (Å²) in [6, 6.07) is 14.9. The first-order valence-electron chi connectivity index (χ1n) is 8.16. The summed E-state index contributed by atoms with van der Waals surface area (Å²) in [5.74, 6) is 0.0142. The van der Waals surface area contributed by atoms with Gasteiger partial charge in [-0.25, -0.2) is 0 Å². The average molecular weight is 359 g/mol. The Hall–Kier alpha value is -3.99. The average Bonchev–Trinajstić information content (AvgIpc) is 3.20. The highest BCUT2D eigenvalue weighted by Crippen LogP contribution is 2.22. The topological polar surface area (TPSA) is 119 Å². The molecule has 0 fully saturated rings. The monoisotopic (exact) mass is 359 g/mol. The second-order valence-corrected chi connectivity index (χ2v) is 5.90. The Morgan fingerprint density at radius 2 is 1.96 bits per heavy atom. The number of nitrogens with zero attached hydrogens (tertiary/aromatic N) is 4. The van der Waals surface area contributed by atoms with Gasteiger partial charge in [-0.05, 0) is 48.9 Å². The first kappa shape index (κ1) is 17.8. The lowest BCUT2D eigenvalue weighted by Crippen LogP contribution is -2.12. The number of amides is 1. The van der Waals surface area contributed by atoms with E-state index in [0.717, 1.165) is 11.1 Å². The number of tetrazole rings is 1. The Bertz CT molecular complexity index is 1020. The van der Waals surface area contributed by atoms with Gasteiger partial charge in [-0.2, -0.15) is 10.5 Å². The molecule has 8 heteroatoms. The van der Waals surface area contributed by atoms with Crippen molar-refractivity contribution in [1.82, 2.24) is 20.6 Å². The van der Waals surface area contributed by atoms with Crippen molar-refractivity contribution in [2.45, 2.75) is 13.8 Å². The third-order valence-electron chi connectivity index (χ3n) is 3.89. The number of carbonyl (C=O) groups is 1. The van der Waals surface area contributed by atoms with E-state index in [4.69, 9.17) is 0 Å². The molecule has 0 unspecified atom stereocenters. The van der Waals surface area contributed by atoms with Crippen LogP contribution in [0.2, 0.25) is 0 Å². The van der Waals surface area contributed by atoms with Crippen molar-refractivity contribution in [3.63, 3.8) is 0 Å². The summed E-state index contributed by atoms with van der Waals surface area (Å²) >= 11 is 0. The molecule has 3 N–H and O–H groups in total. The van der Waals surface area contributed by atoms with E-state index in [9.17, 15) is 10.1 Å². The van der Waals surface area contributed by atoms with Crippen LogP contribution in [-0.2, 0) is 0 Å². The van der Waals surface area contributed by atoms with E-state index in [1.807, 2.05) is 44.2 Å². The second-order valence-electron chi connectivity index (χ2n) is 5.90. The molecule has 134 valence electrons. The van der Waals surface area contributed by atoms with E-state index in [0.29, 0.717) is 16.9 Å². The SMILES string of the molecule is Cc1ccc(C(=O)Nc2cc(NC=C(C#N)c3nn[nH]n3)ccc2C)cc1. The van der Waals surface area contributed by atoms with Crippen molar-refractivity contribution in [3.8, 4) is 6.07 Å². The summed E-state index contributed by atoms with van der Waals surface area (Å²) in [6.07, 6.45) is 1.49. The number of aromatic nitrogens is 4. The number of anilines is 2. The van der Waals surface area contributed by atoms with E-state index >= 15 is 0 Å². The van der Waals surface area contributed by atoms with Crippen LogP contribution in [0.25, 0.3) is 5.57 Å². The zero-order valence-corrected chi connectivity index (χ0v) is 14.8. The predicted octanol–water partition coefficient (Wildman–Crippen LogP) is 3.05. The molecule has 3 aromatic rings. The third kappa shape index (κ3) is 4.35. The lowest BCUT2D eigenvalue weighted by molar-refractivity contribution is 0.102. The largest absolute Gasteiger partial charge is 0.360 e. The van der Waals surface area contributed by atoms with Crippen molar-refractivity contribution in [3.05, 3.63) is 71.2 Å². The number of nitrogens with one attached hydrogen (secondary N) is 3. The van der Waals surface area contributed by atoms with Gasteiger partial charge in [-0.15, -0.1) is 10.2 Å². The summed E-state index contributed by atoms with van der Waals surface area (Å²) < 4.78 is 0. The number of benzene rings is 2. The van der Waals surface area contributed by atoms with Gasteiger partial charge >= 0.3 is 0 Å². The molecule has 0 aliphatic carbocycles. The van der Waals surface area contributed by atoms with Gasteiger partial charge in [0.15, 0.2) is 0 Å². The molecule has 0 atom stereocenters. The quantitative estimate of drug-likeness (QED) is 0.602. The Kier molecular flexibility index (Phi) is 5.23. The maximum Gasteiger partial charge on any atom is 0.255 e. The van der Waals surface area contributed by atoms with Crippen LogP contribution in [0.5, 0.6) is 0 Å². The van der Waals surface area contributed by atoms with E-state index in [2.05, 4.69) is 31.3 Å². The molecule has 0 aliphatic rings. The van der Waals surface area contributed by atoms with Gasteiger partial charge in [0, 0.05) is 23.1 Å². The summed E-state index contributed by atoms with van der Waals surface area (Å²) in [5.41, 5.74) is 4.21. The fourth-order valence-electron chi connectivity index (χ4n) is 2.32. The van der Waals surface area contributed by atoms with Gasteiger partial charge in [0.05, 0.1) is 0 Å². The Morgan fingerprint density at radius 1 is 1.19 bits per heavy atom. The molecular weight excluding hydrogens is 342 g/mol. The summed E-state index contributed by atoms with van der Waals surface area (Å²) in [7, 11) is 0. The van der Waals surface area contributed by atoms with Crippen molar-refractivity contribution >= 4 is 22.9 Å². The lowest BCUT2D eigenvalue weighted by Gasteiger charge is -2.11. The number of aryl methyl sites for hydroxylation is 2. The summed E-state index contributed by atoms with van der Waals surface area (Å²) in [6.45, 7) is 3.88. The fourth-order valence-corrected chi connectivity index (χ4v) is 2.32. The maximum absolute atomic E-state index is 12.4. The van der Waals surface area contributed by atoms with Crippen LogP contribution < -0.4 is 10.6 Å². The van der Waals surface area contributed by atoms with E-state index in [1.165, 1.54) is 6.20 Å². The van der Waals surface area contributed by atoms with Crippen molar-refractivity contribution in [1.29, 1.82) is 5.26 Å². The van der Waals surface area contributed by atoms with Crippen molar-refractivity contribution in [2.24, 2.45) is 0 Å². The number of allylic oxidation sites excluding steroid dienone is 1. The Balaban J connectivity index is 1.77. The lowest BCUT2D eigenvalue weighted by atomic mass is 10.1. The van der Waals surface area contributed by atoms with Crippen molar-refractivity contribution in [2.75, 3.05) is 10.6 Å². The van der Waals surface area contributed by atoms with Gasteiger partial charge in [0.25, 0.3) is 5.91 Å². The molecule has 3 rings (SSSR count). The number of aromatic amines is 1. The van der Waals surface area contributed by atoms with Crippen LogP contribution in [0.1, 0.15) is 27.3 Å². The van der Waals surface area contributed by atoms with Gasteiger partial charge < -0.3 is 10.6 Å². The zero-order chi connectivity index (χ0) is 19.2. The molecule has 0 saturated heterocycles. The van der Waals surface area contributed by atoms with E-state index in [1.54, 1.807) is 18.2 Å². The molecule has 0 saturated carbocycles. The Labute approximate surface area is 155 Å². The van der Waals surface area contributed by atoms with Gasteiger partial charge in [-0.1, -0.05) is 23.8 Å². The van der Waals surface area contributed by atoms with Gasteiger partial charge in [0.1, 0.15) is 11.6 Å². The summed E-state index contributed by atoms with van der Waals surface area (Å²) in [4.78, 5) is 12.4. The highest BCUT2D eigenvalue weighted by atomic mass is 16.1. The predicted molar refractivity (Wildman–Crippen MR) is 102 cm³/mol. The van der Waals surface area contributed by atoms with Crippen LogP contribution in [-0.4, -0.2) is 26.5 Å². The number of hydrogen-bond acceptors (Lipinski definition) is 6. The van der Waals surface area contributed by atoms with Crippen LogP contribution in [0.3, 0.4) is 0 Å². The molecule has 0 aliphatic heterocycles. The van der Waals surface area contributed by atoms with Crippen LogP contribution in [0, 0.1) is 25.2 Å². The number of hydrogen-bond donors (Lipinski definition) is 3. The van der Waals surface area contributed by atoms with E-state index in [-0.39, 0.29) is 17.3 Å². The molecule has 27 heavy (non-hydrogen) atoms. The number of carbonyl (C=O) groups excluding carboxylic acids is 1. The molecule has 1 aromatic heterocycles. The normalized spacial score (nSPS) is 10.9. The standard InChI is InChI=1S/C19H17N7O/c1-12-3-6-14(7-4-12)19(27)22-17-9-16(8-5-13(17)2)21-11-15(10-20)18-23-25-26-24-18/h3-9,11,21H,1-2H3,(H,22,27)(H,23,24,25,26). The Morgan fingerprint density at radius 3 is 2.63 bits per heavy atom. The zero-order valence-electron chi connectivity index (χ0n) is 14.8. The highest BCUT2D eigenvalue weighted by molar-refractivity contribution is 6.04. The maximum atomic E-state index is 12.4.